The van der Waals surface area contributed by atoms with E-state index < -0.39 is 0 Å². The molecule has 0 spiro atoms. The van der Waals surface area contributed by atoms with Crippen LogP contribution in [0.4, 0.5) is 16.2 Å². The van der Waals surface area contributed by atoms with E-state index in [4.69, 9.17) is 5.11 Å². The summed E-state index contributed by atoms with van der Waals surface area (Å²) in [5.74, 6) is 0.284. The van der Waals surface area contributed by atoms with Crippen LogP contribution in [0.1, 0.15) is 38.7 Å². The van der Waals surface area contributed by atoms with E-state index in [0.29, 0.717) is 6.42 Å². The number of aryl methyl sites for hydroxylation is 1. The summed E-state index contributed by atoms with van der Waals surface area (Å²) in [6, 6.07) is 5.94. The van der Waals surface area contributed by atoms with E-state index in [1.165, 1.54) is 18.5 Å². The number of carbonyl (C=O) groups excluding carboxylic acids is 1. The van der Waals surface area contributed by atoms with Crippen molar-refractivity contribution in [2.24, 2.45) is 5.92 Å². The summed E-state index contributed by atoms with van der Waals surface area (Å²) in [7, 11) is 0. The Morgan fingerprint density at radius 1 is 1.30 bits per heavy atom. The number of rotatable bonds is 6. The van der Waals surface area contributed by atoms with Gasteiger partial charge in [0, 0.05) is 37.1 Å². The molecule has 2 rings (SSSR count). The van der Waals surface area contributed by atoms with Crippen molar-refractivity contribution in [3.63, 3.8) is 0 Å². The second kappa shape index (κ2) is 8.20. The second-order valence-corrected chi connectivity index (χ2v) is 6.65. The number of hydrogen-bond acceptors (Lipinski definition) is 3. The third kappa shape index (κ3) is 4.86. The number of amides is 2. The first-order valence-electron chi connectivity index (χ1n) is 8.55. The first-order valence-corrected chi connectivity index (χ1v) is 8.55. The van der Waals surface area contributed by atoms with Crippen molar-refractivity contribution in [1.29, 1.82) is 0 Å². The quantitative estimate of drug-likeness (QED) is 0.755. The number of nitrogens with one attached hydrogen (secondary N) is 2. The van der Waals surface area contributed by atoms with Gasteiger partial charge in [-0.1, -0.05) is 13.8 Å². The molecule has 1 heterocycles. The fraction of sp³-hybridized carbons (Fsp3) is 0.611. The molecule has 23 heavy (non-hydrogen) atoms. The molecule has 0 aromatic heterocycles. The molecule has 1 unspecified atom stereocenters. The maximum atomic E-state index is 12.2. The Kier molecular flexibility index (Phi) is 6.28. The zero-order valence-corrected chi connectivity index (χ0v) is 14.4. The first kappa shape index (κ1) is 17.6. The number of anilines is 2. The summed E-state index contributed by atoms with van der Waals surface area (Å²) in [5, 5.41) is 15.0. The molecule has 1 aliphatic rings. The lowest BCUT2D eigenvalue weighted by molar-refractivity contribution is 0.227. The van der Waals surface area contributed by atoms with Crippen LogP contribution in [0.3, 0.4) is 0 Å². The predicted octanol–water partition coefficient (Wildman–Crippen LogP) is 3.12. The number of carbonyl (C=O) groups is 1. The molecular formula is C18H29N3O2. The van der Waals surface area contributed by atoms with Crippen LogP contribution < -0.4 is 15.5 Å². The van der Waals surface area contributed by atoms with Gasteiger partial charge < -0.3 is 20.6 Å². The lowest BCUT2D eigenvalue weighted by Gasteiger charge is -2.23. The fourth-order valence-electron chi connectivity index (χ4n) is 3.00. The van der Waals surface area contributed by atoms with Crippen LogP contribution >= 0.6 is 0 Å². The highest BCUT2D eigenvalue weighted by Crippen LogP contribution is 2.25. The minimum absolute atomic E-state index is 0.0239. The third-order valence-corrected chi connectivity index (χ3v) is 4.49. The molecule has 5 nitrogen and oxygen atoms in total. The minimum Gasteiger partial charge on any atom is -0.396 e. The zero-order chi connectivity index (χ0) is 16.8. The van der Waals surface area contributed by atoms with Crippen molar-refractivity contribution in [3.05, 3.63) is 23.8 Å². The molecule has 1 fully saturated rings. The van der Waals surface area contributed by atoms with E-state index in [1.54, 1.807) is 0 Å². The van der Waals surface area contributed by atoms with Gasteiger partial charge in [-0.15, -0.1) is 0 Å². The smallest absolute Gasteiger partial charge is 0.319 e. The van der Waals surface area contributed by atoms with Crippen LogP contribution in [0, 0.1) is 12.8 Å². The number of aliphatic hydroxyl groups is 1. The lowest BCUT2D eigenvalue weighted by Crippen LogP contribution is -2.41. The van der Waals surface area contributed by atoms with Crippen molar-refractivity contribution in [2.75, 3.05) is 29.9 Å². The number of nitrogens with zero attached hydrogens (tertiary/aromatic N) is 1. The standard InChI is InChI=1S/C18H29N3O2/c1-13(2)16(8-11-22)19-18(23)20-17-7-6-15(12-14(17)3)21-9-4-5-10-21/h6-7,12-13,16,22H,4-5,8-11H2,1-3H3,(H2,19,20,23). The molecule has 0 aliphatic carbocycles. The SMILES string of the molecule is Cc1cc(N2CCCC2)ccc1NC(=O)NC(CCO)C(C)C. The van der Waals surface area contributed by atoms with Crippen LogP contribution in [-0.4, -0.2) is 36.9 Å². The zero-order valence-electron chi connectivity index (χ0n) is 14.4. The maximum Gasteiger partial charge on any atom is 0.319 e. The molecule has 0 bridgehead atoms. The molecule has 1 atom stereocenters. The molecule has 5 heteroatoms. The first-order chi connectivity index (χ1) is 11.0. The third-order valence-electron chi connectivity index (χ3n) is 4.49. The van der Waals surface area contributed by atoms with Gasteiger partial charge in [0.15, 0.2) is 0 Å². The average molecular weight is 319 g/mol. The van der Waals surface area contributed by atoms with Crippen LogP contribution in [0.15, 0.2) is 18.2 Å². The van der Waals surface area contributed by atoms with Crippen LogP contribution in [0.25, 0.3) is 0 Å². The fourth-order valence-corrected chi connectivity index (χ4v) is 3.00. The van der Waals surface area contributed by atoms with Gasteiger partial charge in [0.05, 0.1) is 0 Å². The molecule has 2 amide bonds. The van der Waals surface area contributed by atoms with Gasteiger partial charge in [0.2, 0.25) is 0 Å². The van der Waals surface area contributed by atoms with E-state index in [1.807, 2.05) is 26.8 Å². The van der Waals surface area contributed by atoms with Gasteiger partial charge in [-0.3, -0.25) is 0 Å². The molecule has 0 radical (unpaired) electrons. The lowest BCUT2D eigenvalue weighted by atomic mass is 10.0. The summed E-state index contributed by atoms with van der Waals surface area (Å²) in [4.78, 5) is 14.6. The summed E-state index contributed by atoms with van der Waals surface area (Å²) in [6.07, 6.45) is 3.07. The Morgan fingerprint density at radius 2 is 2.00 bits per heavy atom. The number of aliphatic hydroxyl groups excluding tert-OH is 1. The van der Waals surface area contributed by atoms with E-state index in [9.17, 15) is 4.79 Å². The van der Waals surface area contributed by atoms with E-state index in [-0.39, 0.29) is 24.6 Å². The van der Waals surface area contributed by atoms with Crippen LogP contribution in [0.5, 0.6) is 0 Å². The number of benzene rings is 1. The van der Waals surface area contributed by atoms with Crippen LogP contribution in [-0.2, 0) is 0 Å². The number of urea groups is 1. The molecule has 1 aromatic rings. The Bertz CT molecular complexity index is 525. The van der Waals surface area contributed by atoms with E-state index >= 15 is 0 Å². The molecule has 1 aromatic carbocycles. The van der Waals surface area contributed by atoms with Crippen molar-refractivity contribution < 1.29 is 9.90 Å². The maximum absolute atomic E-state index is 12.2. The van der Waals surface area contributed by atoms with Crippen molar-refractivity contribution in [2.45, 2.75) is 46.1 Å². The van der Waals surface area contributed by atoms with Gasteiger partial charge in [-0.05, 0) is 55.9 Å². The monoisotopic (exact) mass is 319 g/mol. The Hall–Kier alpha value is -1.75. The summed E-state index contributed by atoms with van der Waals surface area (Å²) in [5.41, 5.74) is 3.12. The molecular weight excluding hydrogens is 290 g/mol. The van der Waals surface area contributed by atoms with Gasteiger partial charge in [-0.25, -0.2) is 4.79 Å². The molecule has 0 saturated carbocycles. The Balaban J connectivity index is 1.97. The highest BCUT2D eigenvalue weighted by Gasteiger charge is 2.17. The minimum atomic E-state index is -0.214. The topological polar surface area (TPSA) is 64.6 Å². The van der Waals surface area contributed by atoms with Gasteiger partial charge >= 0.3 is 6.03 Å². The Morgan fingerprint density at radius 3 is 2.57 bits per heavy atom. The second-order valence-electron chi connectivity index (χ2n) is 6.65. The molecule has 3 N–H and O–H groups in total. The van der Waals surface area contributed by atoms with Gasteiger partial charge in [0.1, 0.15) is 0 Å². The average Bonchev–Trinajstić information content (AvgIpc) is 3.03. The Labute approximate surface area is 139 Å². The molecule has 1 aliphatic heterocycles. The summed E-state index contributed by atoms with van der Waals surface area (Å²) < 4.78 is 0. The van der Waals surface area contributed by atoms with Crippen molar-refractivity contribution in [1.82, 2.24) is 5.32 Å². The van der Waals surface area contributed by atoms with Crippen molar-refractivity contribution in [3.8, 4) is 0 Å². The van der Waals surface area contributed by atoms with Gasteiger partial charge in [0.25, 0.3) is 0 Å². The largest absolute Gasteiger partial charge is 0.396 e. The summed E-state index contributed by atoms with van der Waals surface area (Å²) in [6.45, 7) is 8.40. The highest BCUT2D eigenvalue weighted by molar-refractivity contribution is 5.90. The summed E-state index contributed by atoms with van der Waals surface area (Å²) >= 11 is 0. The normalized spacial score (nSPS) is 15.8. The highest BCUT2D eigenvalue weighted by atomic mass is 16.3. The van der Waals surface area contributed by atoms with Crippen molar-refractivity contribution >= 4 is 17.4 Å². The molecule has 128 valence electrons. The number of hydrogen-bond donors (Lipinski definition) is 3. The van der Waals surface area contributed by atoms with E-state index in [2.05, 4.69) is 27.7 Å². The van der Waals surface area contributed by atoms with E-state index in [0.717, 1.165) is 24.3 Å². The predicted molar refractivity (Wildman–Crippen MR) is 95.1 cm³/mol. The molecule has 1 saturated heterocycles. The van der Waals surface area contributed by atoms with Crippen LogP contribution in [0.2, 0.25) is 0 Å². The van der Waals surface area contributed by atoms with Gasteiger partial charge in [-0.2, -0.15) is 0 Å².